The van der Waals surface area contributed by atoms with Crippen molar-refractivity contribution in [3.8, 4) is 0 Å². The highest BCUT2D eigenvalue weighted by Gasteiger charge is 2.19. The van der Waals surface area contributed by atoms with Gasteiger partial charge < -0.3 is 10.6 Å². The lowest BCUT2D eigenvalue weighted by atomic mass is 9.95. The molecule has 0 heterocycles. The van der Waals surface area contributed by atoms with Gasteiger partial charge in [0.15, 0.2) is 0 Å². The minimum absolute atomic E-state index is 0.102. The number of halogens is 1. The Hall–Kier alpha value is -0.780. The van der Waals surface area contributed by atoms with E-state index < -0.39 is 0 Å². The van der Waals surface area contributed by atoms with Gasteiger partial charge in [-0.1, -0.05) is 19.3 Å². The molecule has 104 valence electrons. The van der Waals surface area contributed by atoms with Crippen molar-refractivity contribution in [3.63, 3.8) is 0 Å². The van der Waals surface area contributed by atoms with Gasteiger partial charge in [-0.3, -0.25) is 4.79 Å². The van der Waals surface area contributed by atoms with E-state index in [9.17, 15) is 4.79 Å². The first-order valence-electron chi connectivity index (χ1n) is 6.97. The molecule has 1 aromatic carbocycles. The molecule has 0 bridgehead atoms. The first kappa shape index (κ1) is 14.6. The van der Waals surface area contributed by atoms with Crippen molar-refractivity contribution >= 4 is 34.2 Å². The second-order valence-corrected chi connectivity index (χ2v) is 6.46. The number of benzene rings is 1. The van der Waals surface area contributed by atoms with Gasteiger partial charge in [-0.15, -0.1) is 0 Å². The Morgan fingerprint density at radius 3 is 2.47 bits per heavy atom. The molecule has 0 saturated heterocycles. The van der Waals surface area contributed by atoms with E-state index in [1.807, 2.05) is 31.2 Å². The highest BCUT2D eigenvalue weighted by molar-refractivity contribution is 14.1. The summed E-state index contributed by atoms with van der Waals surface area (Å²) in [4.78, 5) is 12.1. The fraction of sp³-hybridized carbons (Fsp3) is 0.533. The molecule has 1 amide bonds. The highest BCUT2D eigenvalue weighted by atomic mass is 127. The zero-order chi connectivity index (χ0) is 13.7. The SMILES string of the molecule is C[C@@H](Nc1ccc(I)cc1)C(=O)NC1CCCCC1. The molecule has 0 spiro atoms. The number of hydrogen-bond donors (Lipinski definition) is 2. The van der Waals surface area contributed by atoms with Crippen LogP contribution in [0, 0.1) is 3.57 Å². The maximum absolute atomic E-state index is 12.1. The normalized spacial score (nSPS) is 17.8. The fourth-order valence-corrected chi connectivity index (χ4v) is 2.79. The van der Waals surface area contributed by atoms with Crippen molar-refractivity contribution < 1.29 is 4.79 Å². The smallest absolute Gasteiger partial charge is 0.242 e. The van der Waals surface area contributed by atoms with Gasteiger partial charge in [0.25, 0.3) is 0 Å². The van der Waals surface area contributed by atoms with Crippen LogP contribution in [0.4, 0.5) is 5.69 Å². The predicted molar refractivity (Wildman–Crippen MR) is 87.3 cm³/mol. The van der Waals surface area contributed by atoms with Crippen LogP contribution in [-0.4, -0.2) is 18.0 Å². The predicted octanol–water partition coefficient (Wildman–Crippen LogP) is 3.54. The Labute approximate surface area is 128 Å². The largest absolute Gasteiger partial charge is 0.374 e. The molecule has 1 aromatic rings. The minimum Gasteiger partial charge on any atom is -0.374 e. The van der Waals surface area contributed by atoms with Crippen LogP contribution in [0.1, 0.15) is 39.0 Å². The third-order valence-electron chi connectivity index (χ3n) is 3.57. The lowest BCUT2D eigenvalue weighted by Gasteiger charge is -2.25. The number of rotatable bonds is 4. The molecule has 0 radical (unpaired) electrons. The van der Waals surface area contributed by atoms with Crippen molar-refractivity contribution in [2.45, 2.75) is 51.1 Å². The number of carbonyl (C=O) groups is 1. The van der Waals surface area contributed by atoms with E-state index in [1.54, 1.807) is 0 Å². The van der Waals surface area contributed by atoms with E-state index in [0.717, 1.165) is 18.5 Å². The van der Waals surface area contributed by atoms with Crippen LogP contribution in [-0.2, 0) is 4.79 Å². The lowest BCUT2D eigenvalue weighted by Crippen LogP contribution is -2.43. The van der Waals surface area contributed by atoms with Gasteiger partial charge in [-0.2, -0.15) is 0 Å². The Bertz CT molecular complexity index is 413. The maximum atomic E-state index is 12.1. The molecule has 1 aliphatic carbocycles. The van der Waals surface area contributed by atoms with Crippen LogP contribution in [0.25, 0.3) is 0 Å². The van der Waals surface area contributed by atoms with Crippen molar-refractivity contribution in [2.75, 3.05) is 5.32 Å². The van der Waals surface area contributed by atoms with Gasteiger partial charge in [0.2, 0.25) is 5.91 Å². The van der Waals surface area contributed by atoms with Gasteiger partial charge in [0.05, 0.1) is 0 Å². The van der Waals surface area contributed by atoms with Crippen LogP contribution in [0.5, 0.6) is 0 Å². The molecule has 0 unspecified atom stereocenters. The Morgan fingerprint density at radius 2 is 1.84 bits per heavy atom. The van der Waals surface area contributed by atoms with Gasteiger partial charge >= 0.3 is 0 Å². The standard InChI is InChI=1S/C15H21IN2O/c1-11(17-14-9-7-12(16)8-10-14)15(19)18-13-5-3-2-4-6-13/h7-11,13,17H,2-6H2,1H3,(H,18,19)/t11-/m1/s1. The molecule has 2 rings (SSSR count). The van der Waals surface area contributed by atoms with E-state index >= 15 is 0 Å². The molecule has 1 saturated carbocycles. The van der Waals surface area contributed by atoms with Crippen molar-refractivity contribution in [1.82, 2.24) is 5.32 Å². The molecule has 1 atom stereocenters. The van der Waals surface area contributed by atoms with Crippen LogP contribution < -0.4 is 10.6 Å². The molecular weight excluding hydrogens is 351 g/mol. The number of carbonyl (C=O) groups excluding carboxylic acids is 1. The second-order valence-electron chi connectivity index (χ2n) is 5.22. The number of hydrogen-bond acceptors (Lipinski definition) is 2. The Balaban J connectivity index is 1.83. The highest BCUT2D eigenvalue weighted by Crippen LogP contribution is 2.18. The minimum atomic E-state index is -0.193. The summed E-state index contributed by atoms with van der Waals surface area (Å²) in [6.45, 7) is 1.91. The first-order chi connectivity index (χ1) is 9.15. The molecular formula is C15H21IN2O. The monoisotopic (exact) mass is 372 g/mol. The second kappa shape index (κ2) is 7.12. The third kappa shape index (κ3) is 4.67. The molecule has 1 fully saturated rings. The number of amides is 1. The van der Waals surface area contributed by atoms with Crippen molar-refractivity contribution in [1.29, 1.82) is 0 Å². The Kier molecular flexibility index (Phi) is 5.48. The fourth-order valence-electron chi connectivity index (χ4n) is 2.43. The summed E-state index contributed by atoms with van der Waals surface area (Å²) in [5.74, 6) is 0.102. The lowest BCUT2D eigenvalue weighted by molar-refractivity contribution is -0.122. The molecule has 4 heteroatoms. The number of anilines is 1. The molecule has 0 aromatic heterocycles. The summed E-state index contributed by atoms with van der Waals surface area (Å²) >= 11 is 2.27. The van der Waals surface area contributed by atoms with Gasteiger partial charge in [-0.25, -0.2) is 0 Å². The van der Waals surface area contributed by atoms with Crippen LogP contribution in [0.2, 0.25) is 0 Å². The van der Waals surface area contributed by atoms with Gasteiger partial charge in [-0.05, 0) is 66.6 Å². The summed E-state index contributed by atoms with van der Waals surface area (Å²) in [6.07, 6.45) is 6.04. The van der Waals surface area contributed by atoms with Crippen molar-refractivity contribution in [2.24, 2.45) is 0 Å². The quantitative estimate of drug-likeness (QED) is 0.794. The summed E-state index contributed by atoms with van der Waals surface area (Å²) in [6, 6.07) is 8.27. The van der Waals surface area contributed by atoms with E-state index in [0.29, 0.717) is 6.04 Å². The summed E-state index contributed by atoms with van der Waals surface area (Å²) in [7, 11) is 0. The van der Waals surface area contributed by atoms with Crippen molar-refractivity contribution in [3.05, 3.63) is 27.8 Å². The third-order valence-corrected chi connectivity index (χ3v) is 4.29. The molecule has 0 aliphatic heterocycles. The molecule has 19 heavy (non-hydrogen) atoms. The zero-order valence-corrected chi connectivity index (χ0v) is 13.4. The van der Waals surface area contributed by atoms with Crippen LogP contribution in [0.3, 0.4) is 0 Å². The van der Waals surface area contributed by atoms with E-state index in [2.05, 4.69) is 33.2 Å². The average molecular weight is 372 g/mol. The van der Waals surface area contributed by atoms with Crippen LogP contribution >= 0.6 is 22.6 Å². The Morgan fingerprint density at radius 1 is 1.21 bits per heavy atom. The van der Waals surface area contributed by atoms with E-state index in [4.69, 9.17) is 0 Å². The summed E-state index contributed by atoms with van der Waals surface area (Å²) < 4.78 is 1.20. The van der Waals surface area contributed by atoms with Gasteiger partial charge in [0, 0.05) is 15.3 Å². The zero-order valence-electron chi connectivity index (χ0n) is 11.3. The van der Waals surface area contributed by atoms with E-state index in [-0.39, 0.29) is 11.9 Å². The first-order valence-corrected chi connectivity index (χ1v) is 8.05. The summed E-state index contributed by atoms with van der Waals surface area (Å²) in [5, 5.41) is 6.39. The maximum Gasteiger partial charge on any atom is 0.242 e. The number of nitrogens with one attached hydrogen (secondary N) is 2. The van der Waals surface area contributed by atoms with Crippen LogP contribution in [0.15, 0.2) is 24.3 Å². The average Bonchev–Trinajstić information content (AvgIpc) is 2.42. The molecule has 2 N–H and O–H groups in total. The molecule has 3 nitrogen and oxygen atoms in total. The summed E-state index contributed by atoms with van der Waals surface area (Å²) in [5.41, 5.74) is 0.992. The molecule has 1 aliphatic rings. The van der Waals surface area contributed by atoms with Gasteiger partial charge in [0.1, 0.15) is 6.04 Å². The van der Waals surface area contributed by atoms with E-state index in [1.165, 1.54) is 22.8 Å². The topological polar surface area (TPSA) is 41.1 Å².